The second kappa shape index (κ2) is 12.1. The fraction of sp³-hybridized carbons (Fsp3) is 0.379. The van der Waals surface area contributed by atoms with Crippen molar-refractivity contribution >= 4 is 50.3 Å². The number of hydrogen-bond donors (Lipinski definition) is 2. The molecule has 2 amide bonds. The lowest BCUT2D eigenvalue weighted by Gasteiger charge is -2.25. The highest BCUT2D eigenvalue weighted by molar-refractivity contribution is 7.20. The molecule has 0 aliphatic heterocycles. The molecule has 7 heteroatoms. The van der Waals surface area contributed by atoms with Gasteiger partial charge in [-0.2, -0.15) is 0 Å². The summed E-state index contributed by atoms with van der Waals surface area (Å²) in [6, 6.07) is 16.7. The van der Waals surface area contributed by atoms with E-state index in [0.717, 1.165) is 71.4 Å². The summed E-state index contributed by atoms with van der Waals surface area (Å²) >= 11 is 1.54. The molecule has 2 N–H and O–H groups in total. The number of unbranched alkanes of at least 4 members (excludes halogenated alkanes) is 1. The Hall–Kier alpha value is -3.32. The van der Waals surface area contributed by atoms with Gasteiger partial charge in [-0.15, -0.1) is 11.3 Å². The predicted octanol–water partition coefficient (Wildman–Crippen LogP) is 5.83. The van der Waals surface area contributed by atoms with Crippen molar-refractivity contribution in [1.82, 2.24) is 15.2 Å². The smallest absolute Gasteiger partial charge is 0.261 e. The van der Waals surface area contributed by atoms with Gasteiger partial charge in [0.2, 0.25) is 6.41 Å². The maximum atomic E-state index is 13.3. The molecule has 0 bridgehead atoms. The Morgan fingerprint density at radius 2 is 1.97 bits per heavy atom. The van der Waals surface area contributed by atoms with Crippen LogP contribution in [-0.4, -0.2) is 54.9 Å². The number of anilines is 1. The maximum Gasteiger partial charge on any atom is 0.261 e. The van der Waals surface area contributed by atoms with E-state index < -0.39 is 0 Å². The summed E-state index contributed by atoms with van der Waals surface area (Å²) in [6.45, 7) is 6.59. The quantitative estimate of drug-likeness (QED) is 0.225. The zero-order valence-electron chi connectivity index (χ0n) is 21.4. The molecule has 36 heavy (non-hydrogen) atoms. The molecule has 2 aromatic carbocycles. The summed E-state index contributed by atoms with van der Waals surface area (Å²) in [5, 5.41) is 5.63. The highest BCUT2D eigenvalue weighted by Gasteiger charge is 2.18. The van der Waals surface area contributed by atoms with Crippen LogP contribution in [0.25, 0.3) is 21.0 Å². The van der Waals surface area contributed by atoms with Crippen molar-refractivity contribution in [3.8, 4) is 0 Å². The van der Waals surface area contributed by atoms with E-state index in [4.69, 9.17) is 0 Å². The third kappa shape index (κ3) is 6.08. The second-order valence-electron chi connectivity index (χ2n) is 9.37. The van der Waals surface area contributed by atoms with Gasteiger partial charge in [-0.3, -0.25) is 9.59 Å². The number of carbonyl (C=O) groups is 2. The minimum atomic E-state index is -0.00125. The van der Waals surface area contributed by atoms with Gasteiger partial charge >= 0.3 is 0 Å². The highest BCUT2D eigenvalue weighted by Crippen LogP contribution is 2.30. The number of hydrogen-bond acceptors (Lipinski definition) is 4. The van der Waals surface area contributed by atoms with Gasteiger partial charge < -0.3 is 20.1 Å². The molecule has 6 nitrogen and oxygen atoms in total. The Labute approximate surface area is 217 Å². The molecule has 2 heterocycles. The van der Waals surface area contributed by atoms with Gasteiger partial charge in [-0.25, -0.2) is 0 Å². The third-order valence-corrected chi connectivity index (χ3v) is 7.86. The largest absolute Gasteiger partial charge is 0.370 e. The van der Waals surface area contributed by atoms with Crippen LogP contribution in [0, 0.1) is 0 Å². The van der Waals surface area contributed by atoms with Crippen LogP contribution >= 0.6 is 11.3 Å². The van der Waals surface area contributed by atoms with Crippen LogP contribution in [0.3, 0.4) is 0 Å². The Morgan fingerprint density at radius 1 is 1.14 bits per heavy atom. The molecule has 1 unspecified atom stereocenters. The van der Waals surface area contributed by atoms with E-state index in [1.54, 1.807) is 23.3 Å². The first-order chi connectivity index (χ1) is 17.5. The molecule has 0 aliphatic carbocycles. The second-order valence-corrected chi connectivity index (χ2v) is 10.5. The number of carbonyl (C=O) groups excluding carboxylic acids is 2. The summed E-state index contributed by atoms with van der Waals surface area (Å²) in [6.07, 6.45) is 6.87. The Kier molecular flexibility index (Phi) is 8.65. The van der Waals surface area contributed by atoms with E-state index in [0.29, 0.717) is 6.54 Å². The zero-order valence-corrected chi connectivity index (χ0v) is 22.2. The molecule has 0 saturated heterocycles. The first kappa shape index (κ1) is 25.8. The number of amides is 2. The van der Waals surface area contributed by atoms with Crippen LogP contribution in [0.5, 0.6) is 0 Å². The van der Waals surface area contributed by atoms with E-state index in [2.05, 4.69) is 71.6 Å². The predicted molar refractivity (Wildman–Crippen MR) is 151 cm³/mol. The Morgan fingerprint density at radius 3 is 2.75 bits per heavy atom. The van der Waals surface area contributed by atoms with Gasteiger partial charge in [0.1, 0.15) is 0 Å². The number of rotatable bonds is 13. The highest BCUT2D eigenvalue weighted by atomic mass is 32.1. The minimum Gasteiger partial charge on any atom is -0.370 e. The number of benzene rings is 2. The van der Waals surface area contributed by atoms with E-state index in [9.17, 15) is 9.59 Å². The van der Waals surface area contributed by atoms with Gasteiger partial charge in [0.25, 0.3) is 5.91 Å². The summed E-state index contributed by atoms with van der Waals surface area (Å²) in [5.74, 6) is -0.00125. The van der Waals surface area contributed by atoms with Crippen LogP contribution in [0.2, 0.25) is 0 Å². The van der Waals surface area contributed by atoms with Crippen LogP contribution in [-0.2, 0) is 11.2 Å². The number of fused-ring (bicyclic) bond motifs is 2. The monoisotopic (exact) mass is 504 g/mol. The molecule has 0 fully saturated rings. The number of aromatic nitrogens is 1. The van der Waals surface area contributed by atoms with E-state index in [-0.39, 0.29) is 11.9 Å². The summed E-state index contributed by atoms with van der Waals surface area (Å²) in [7, 11) is 1.79. The summed E-state index contributed by atoms with van der Waals surface area (Å²) in [5.41, 5.74) is 3.48. The number of nitrogens with one attached hydrogen (secondary N) is 2. The molecule has 1 atom stereocenters. The normalized spacial score (nSPS) is 12.1. The number of para-hydroxylation sites is 1. The Bertz CT molecular complexity index is 1310. The van der Waals surface area contributed by atoms with E-state index in [1.165, 1.54) is 10.9 Å². The molecule has 0 spiro atoms. The molecule has 0 aliphatic rings. The minimum absolute atomic E-state index is 0.00125. The molecule has 190 valence electrons. The first-order valence-corrected chi connectivity index (χ1v) is 13.6. The fourth-order valence-corrected chi connectivity index (χ4v) is 5.63. The van der Waals surface area contributed by atoms with Crippen molar-refractivity contribution in [3.63, 3.8) is 0 Å². The van der Waals surface area contributed by atoms with E-state index >= 15 is 0 Å². The lowest BCUT2D eigenvalue weighted by atomic mass is 10.0. The van der Waals surface area contributed by atoms with Gasteiger partial charge in [0.15, 0.2) is 0 Å². The van der Waals surface area contributed by atoms with Crippen molar-refractivity contribution < 1.29 is 9.59 Å². The Balaban J connectivity index is 1.49. The fourth-order valence-electron chi connectivity index (χ4n) is 4.63. The maximum absolute atomic E-state index is 13.3. The standard InChI is InChI=1S/C29H36N4O2S/c1-4-6-9-23(16-22-19-30-26-11-8-7-10-25(22)26)31-29(35)28-17-21-12-13-24(18-27(21)36-28)33(5-2)15-14-32(3)20-34/h7-8,10-13,17-20,23,30H,4-6,9,14-16H2,1-3H3,(H,31,35). The van der Waals surface area contributed by atoms with Crippen LogP contribution in [0.1, 0.15) is 48.3 Å². The summed E-state index contributed by atoms with van der Waals surface area (Å²) in [4.78, 5) is 32.2. The van der Waals surface area contributed by atoms with Gasteiger partial charge in [0, 0.05) is 60.2 Å². The number of aromatic amines is 1. The van der Waals surface area contributed by atoms with Gasteiger partial charge in [0.05, 0.1) is 4.88 Å². The SMILES string of the molecule is CCCCC(Cc1c[nH]c2ccccc12)NC(=O)c1cc2ccc(N(CC)CCN(C)C=O)cc2s1. The topological polar surface area (TPSA) is 68.4 Å². The number of nitrogens with zero attached hydrogens (tertiary/aromatic N) is 2. The van der Waals surface area contributed by atoms with Crippen molar-refractivity contribution in [2.75, 3.05) is 31.6 Å². The lowest BCUT2D eigenvalue weighted by molar-refractivity contribution is -0.116. The third-order valence-electron chi connectivity index (χ3n) is 6.76. The molecule has 4 aromatic rings. The van der Waals surface area contributed by atoms with Crippen molar-refractivity contribution in [2.45, 2.75) is 45.6 Å². The zero-order chi connectivity index (χ0) is 25.5. The first-order valence-electron chi connectivity index (χ1n) is 12.8. The molecule has 4 rings (SSSR count). The summed E-state index contributed by atoms with van der Waals surface area (Å²) < 4.78 is 1.10. The van der Waals surface area contributed by atoms with Gasteiger partial charge in [-0.1, -0.05) is 44.0 Å². The lowest BCUT2D eigenvalue weighted by Crippen LogP contribution is -2.36. The number of thiophene rings is 1. The average Bonchev–Trinajstić information content (AvgIpc) is 3.51. The van der Waals surface area contributed by atoms with Crippen molar-refractivity contribution in [2.24, 2.45) is 0 Å². The molecule has 0 saturated carbocycles. The van der Waals surface area contributed by atoms with Crippen molar-refractivity contribution in [1.29, 1.82) is 0 Å². The number of likely N-dealkylation sites (N-methyl/N-ethyl adjacent to an activating group) is 2. The van der Waals surface area contributed by atoms with Crippen LogP contribution in [0.4, 0.5) is 5.69 Å². The van der Waals surface area contributed by atoms with E-state index in [1.807, 2.05) is 12.1 Å². The molecule has 2 aromatic heterocycles. The average molecular weight is 505 g/mol. The molecule has 0 radical (unpaired) electrons. The van der Waals surface area contributed by atoms with Crippen LogP contribution in [0.15, 0.2) is 54.7 Å². The number of H-pyrrole nitrogens is 1. The van der Waals surface area contributed by atoms with Crippen molar-refractivity contribution in [3.05, 3.63) is 65.2 Å². The van der Waals surface area contributed by atoms with Gasteiger partial charge in [-0.05, 0) is 55.0 Å². The molecular formula is C29H36N4O2S. The van der Waals surface area contributed by atoms with Crippen LogP contribution < -0.4 is 10.2 Å². The molecular weight excluding hydrogens is 468 g/mol.